The van der Waals surface area contributed by atoms with Crippen LogP contribution in [0.4, 0.5) is 5.69 Å². The van der Waals surface area contributed by atoms with E-state index in [0.717, 1.165) is 24.2 Å². The number of benzene rings is 1. The zero-order chi connectivity index (χ0) is 12.5. The lowest BCUT2D eigenvalue weighted by atomic mass is 10.1. The molecule has 0 spiro atoms. The molecule has 1 aliphatic heterocycles. The summed E-state index contributed by atoms with van der Waals surface area (Å²) >= 11 is 0. The second kappa shape index (κ2) is 4.49. The summed E-state index contributed by atoms with van der Waals surface area (Å²) in [7, 11) is 0. The molecule has 17 heavy (non-hydrogen) atoms. The van der Waals surface area contributed by atoms with Crippen molar-refractivity contribution in [3.63, 3.8) is 0 Å². The predicted octanol–water partition coefficient (Wildman–Crippen LogP) is 2.24. The van der Waals surface area contributed by atoms with Crippen LogP contribution in [0, 0.1) is 0 Å². The minimum Gasteiger partial charge on any atom is -0.388 e. The third-order valence-corrected chi connectivity index (χ3v) is 3.33. The van der Waals surface area contributed by atoms with E-state index in [9.17, 15) is 9.90 Å². The summed E-state index contributed by atoms with van der Waals surface area (Å²) in [5.41, 5.74) is 1.26. The maximum Gasteiger partial charge on any atom is 0.162 e. The number of nitrogens with zero attached hydrogens (tertiary/aromatic N) is 1. The summed E-state index contributed by atoms with van der Waals surface area (Å²) in [5, 5.41) is 9.91. The van der Waals surface area contributed by atoms with Gasteiger partial charge in [0.25, 0.3) is 0 Å². The largest absolute Gasteiger partial charge is 0.388 e. The van der Waals surface area contributed by atoms with Crippen molar-refractivity contribution in [3.05, 3.63) is 29.8 Å². The number of carbonyl (C=O) groups is 1. The highest BCUT2D eigenvalue weighted by molar-refractivity contribution is 5.96. The van der Waals surface area contributed by atoms with Gasteiger partial charge in [0.1, 0.15) is 0 Å². The summed E-state index contributed by atoms with van der Waals surface area (Å²) < 4.78 is 0. The van der Waals surface area contributed by atoms with Crippen molar-refractivity contribution in [2.24, 2.45) is 0 Å². The number of β-amino-alcohol motifs (C(OH)–C–C–N with tert-alkyl or cyclic N) is 1. The molecule has 1 unspecified atom stereocenters. The molecule has 1 aliphatic rings. The SMILES string of the molecule is CCC(=O)c1ccc(N2CCC(C)(O)C2)cc1. The summed E-state index contributed by atoms with van der Waals surface area (Å²) in [6.07, 6.45) is 1.33. The van der Waals surface area contributed by atoms with E-state index in [0.29, 0.717) is 13.0 Å². The molecule has 0 radical (unpaired) electrons. The van der Waals surface area contributed by atoms with Gasteiger partial charge in [-0.15, -0.1) is 0 Å². The first-order valence-corrected chi connectivity index (χ1v) is 6.12. The molecular weight excluding hydrogens is 214 g/mol. The van der Waals surface area contributed by atoms with Crippen molar-refractivity contribution in [3.8, 4) is 0 Å². The Bertz CT molecular complexity index is 409. The van der Waals surface area contributed by atoms with E-state index in [1.807, 2.05) is 38.1 Å². The number of hydrogen-bond acceptors (Lipinski definition) is 3. The number of anilines is 1. The zero-order valence-electron chi connectivity index (χ0n) is 10.4. The van der Waals surface area contributed by atoms with Crippen molar-refractivity contribution in [2.75, 3.05) is 18.0 Å². The van der Waals surface area contributed by atoms with E-state index in [1.165, 1.54) is 0 Å². The smallest absolute Gasteiger partial charge is 0.162 e. The Hall–Kier alpha value is -1.35. The molecule has 1 N–H and O–H groups in total. The fraction of sp³-hybridized carbons (Fsp3) is 0.500. The highest BCUT2D eigenvalue weighted by atomic mass is 16.3. The monoisotopic (exact) mass is 233 g/mol. The molecule has 0 amide bonds. The molecule has 0 saturated carbocycles. The molecule has 1 aromatic rings. The Labute approximate surface area is 102 Å². The summed E-state index contributed by atoms with van der Waals surface area (Å²) in [5.74, 6) is 0.171. The quantitative estimate of drug-likeness (QED) is 0.814. The lowest BCUT2D eigenvalue weighted by Gasteiger charge is -2.20. The molecular formula is C14H19NO2. The molecule has 1 heterocycles. The third kappa shape index (κ3) is 2.67. The number of ketones is 1. The van der Waals surface area contributed by atoms with Crippen molar-refractivity contribution >= 4 is 11.5 Å². The van der Waals surface area contributed by atoms with Crippen LogP contribution in [-0.4, -0.2) is 29.6 Å². The highest BCUT2D eigenvalue weighted by Gasteiger charge is 2.31. The lowest BCUT2D eigenvalue weighted by molar-refractivity contribution is 0.0839. The van der Waals surface area contributed by atoms with Crippen molar-refractivity contribution < 1.29 is 9.90 Å². The molecule has 0 bridgehead atoms. The predicted molar refractivity (Wildman–Crippen MR) is 68.5 cm³/mol. The van der Waals surface area contributed by atoms with Crippen molar-refractivity contribution in [1.29, 1.82) is 0 Å². The minimum atomic E-state index is -0.585. The molecule has 1 fully saturated rings. The Balaban J connectivity index is 2.11. The molecule has 3 heteroatoms. The molecule has 0 aromatic heterocycles. The van der Waals surface area contributed by atoms with Gasteiger partial charge in [0, 0.05) is 30.8 Å². The number of Topliss-reactive ketones (excluding diaryl/α,β-unsaturated/α-hetero) is 1. The number of hydrogen-bond donors (Lipinski definition) is 1. The van der Waals surface area contributed by atoms with Gasteiger partial charge in [-0.05, 0) is 37.6 Å². The van der Waals surface area contributed by atoms with E-state index in [-0.39, 0.29) is 5.78 Å². The van der Waals surface area contributed by atoms with Gasteiger partial charge in [-0.3, -0.25) is 4.79 Å². The molecule has 3 nitrogen and oxygen atoms in total. The fourth-order valence-electron chi connectivity index (χ4n) is 2.23. The van der Waals surface area contributed by atoms with Gasteiger partial charge in [-0.25, -0.2) is 0 Å². The fourth-order valence-corrected chi connectivity index (χ4v) is 2.23. The number of aliphatic hydroxyl groups is 1. The molecule has 2 rings (SSSR count). The maximum absolute atomic E-state index is 11.5. The van der Waals surface area contributed by atoms with E-state index in [1.54, 1.807) is 0 Å². The van der Waals surface area contributed by atoms with Crippen LogP contribution in [0.3, 0.4) is 0 Å². The van der Waals surface area contributed by atoms with Gasteiger partial charge in [0.2, 0.25) is 0 Å². The van der Waals surface area contributed by atoms with Gasteiger partial charge in [0.05, 0.1) is 5.60 Å². The first kappa shape index (κ1) is 12.1. The van der Waals surface area contributed by atoms with Crippen LogP contribution in [0.5, 0.6) is 0 Å². The molecule has 1 aromatic carbocycles. The van der Waals surface area contributed by atoms with Crippen LogP contribution >= 0.6 is 0 Å². The van der Waals surface area contributed by atoms with Crippen LogP contribution in [0.15, 0.2) is 24.3 Å². The highest BCUT2D eigenvalue weighted by Crippen LogP contribution is 2.26. The minimum absolute atomic E-state index is 0.171. The van der Waals surface area contributed by atoms with Crippen LogP contribution in [-0.2, 0) is 0 Å². The molecule has 92 valence electrons. The molecule has 1 atom stereocenters. The summed E-state index contributed by atoms with van der Waals surface area (Å²) in [6.45, 7) is 5.26. The second-order valence-corrected chi connectivity index (χ2v) is 4.99. The number of rotatable bonds is 3. The van der Waals surface area contributed by atoms with Gasteiger partial charge in [-0.2, -0.15) is 0 Å². The number of carbonyl (C=O) groups excluding carboxylic acids is 1. The van der Waals surface area contributed by atoms with E-state index in [4.69, 9.17) is 0 Å². The Kier molecular flexibility index (Phi) is 3.20. The van der Waals surface area contributed by atoms with Crippen LogP contribution in [0.2, 0.25) is 0 Å². The normalized spacial score (nSPS) is 24.1. The zero-order valence-corrected chi connectivity index (χ0v) is 10.4. The summed E-state index contributed by atoms with van der Waals surface area (Å²) in [4.78, 5) is 13.6. The third-order valence-electron chi connectivity index (χ3n) is 3.33. The lowest BCUT2D eigenvalue weighted by Crippen LogP contribution is -2.29. The standard InChI is InChI=1S/C14H19NO2/c1-3-13(16)11-4-6-12(7-5-11)15-9-8-14(2,17)10-15/h4-7,17H,3,8-10H2,1-2H3. The van der Waals surface area contributed by atoms with E-state index in [2.05, 4.69) is 4.90 Å². The average Bonchev–Trinajstić information content (AvgIpc) is 2.69. The Morgan fingerprint density at radius 1 is 1.41 bits per heavy atom. The first-order chi connectivity index (χ1) is 8.02. The van der Waals surface area contributed by atoms with Gasteiger partial charge in [-0.1, -0.05) is 6.92 Å². The van der Waals surface area contributed by atoms with E-state index < -0.39 is 5.60 Å². The summed E-state index contributed by atoms with van der Waals surface area (Å²) in [6, 6.07) is 7.66. The van der Waals surface area contributed by atoms with Crippen LogP contribution < -0.4 is 4.90 Å². The molecule has 0 aliphatic carbocycles. The van der Waals surface area contributed by atoms with Gasteiger partial charge < -0.3 is 10.0 Å². The van der Waals surface area contributed by atoms with Crippen molar-refractivity contribution in [1.82, 2.24) is 0 Å². The van der Waals surface area contributed by atoms with Crippen LogP contribution in [0.25, 0.3) is 0 Å². The van der Waals surface area contributed by atoms with E-state index >= 15 is 0 Å². The maximum atomic E-state index is 11.5. The first-order valence-electron chi connectivity index (χ1n) is 6.12. The average molecular weight is 233 g/mol. The second-order valence-electron chi connectivity index (χ2n) is 4.99. The van der Waals surface area contributed by atoms with Gasteiger partial charge in [0.15, 0.2) is 5.78 Å². The van der Waals surface area contributed by atoms with Crippen molar-refractivity contribution in [2.45, 2.75) is 32.3 Å². The topological polar surface area (TPSA) is 40.5 Å². The molecule has 1 saturated heterocycles. The Morgan fingerprint density at radius 2 is 2.06 bits per heavy atom. The Morgan fingerprint density at radius 3 is 2.53 bits per heavy atom. The van der Waals surface area contributed by atoms with Gasteiger partial charge >= 0.3 is 0 Å². The van der Waals surface area contributed by atoms with Crippen LogP contribution in [0.1, 0.15) is 37.0 Å².